The SMILES string of the molecule is Cl.NCC1CCCN(Cc2sccc2Br)C1. The third-order valence-electron chi connectivity index (χ3n) is 2.99. The summed E-state index contributed by atoms with van der Waals surface area (Å²) in [5, 5.41) is 2.14. The van der Waals surface area contributed by atoms with Crippen LogP contribution in [0.1, 0.15) is 17.7 Å². The van der Waals surface area contributed by atoms with Crippen LogP contribution >= 0.6 is 39.7 Å². The highest BCUT2D eigenvalue weighted by molar-refractivity contribution is 9.10. The van der Waals surface area contributed by atoms with Crippen LogP contribution in [0.15, 0.2) is 15.9 Å². The third-order valence-corrected chi connectivity index (χ3v) is 4.91. The van der Waals surface area contributed by atoms with E-state index >= 15 is 0 Å². The maximum absolute atomic E-state index is 5.74. The quantitative estimate of drug-likeness (QED) is 0.925. The topological polar surface area (TPSA) is 29.3 Å². The number of thiophene rings is 1. The lowest BCUT2D eigenvalue weighted by molar-refractivity contribution is 0.172. The van der Waals surface area contributed by atoms with E-state index in [-0.39, 0.29) is 12.4 Å². The maximum Gasteiger partial charge on any atom is 0.0339 e. The first-order chi connectivity index (χ1) is 7.29. The summed E-state index contributed by atoms with van der Waals surface area (Å²) < 4.78 is 1.25. The molecule has 1 aromatic heterocycles. The van der Waals surface area contributed by atoms with Gasteiger partial charge in [-0.3, -0.25) is 4.90 Å². The molecular weight excluding hydrogens is 308 g/mol. The van der Waals surface area contributed by atoms with Gasteiger partial charge in [-0.2, -0.15) is 0 Å². The molecule has 2 nitrogen and oxygen atoms in total. The Morgan fingerprint density at radius 3 is 3.00 bits per heavy atom. The first-order valence-electron chi connectivity index (χ1n) is 5.44. The lowest BCUT2D eigenvalue weighted by Gasteiger charge is -2.31. The Hall–Kier alpha value is 0.390. The van der Waals surface area contributed by atoms with E-state index in [4.69, 9.17) is 5.73 Å². The maximum atomic E-state index is 5.74. The van der Waals surface area contributed by atoms with Crippen molar-refractivity contribution in [1.82, 2.24) is 4.90 Å². The van der Waals surface area contributed by atoms with E-state index in [0.29, 0.717) is 5.92 Å². The number of likely N-dealkylation sites (tertiary alicyclic amines) is 1. The average Bonchev–Trinajstić information content (AvgIpc) is 2.65. The minimum atomic E-state index is 0. The lowest BCUT2D eigenvalue weighted by Crippen LogP contribution is -2.37. The molecule has 1 saturated heterocycles. The van der Waals surface area contributed by atoms with Gasteiger partial charge in [0.2, 0.25) is 0 Å². The fraction of sp³-hybridized carbons (Fsp3) is 0.636. The molecule has 0 aliphatic carbocycles. The van der Waals surface area contributed by atoms with Crippen LogP contribution in [0, 0.1) is 5.92 Å². The van der Waals surface area contributed by atoms with Gasteiger partial charge in [0.25, 0.3) is 0 Å². The van der Waals surface area contributed by atoms with E-state index in [1.165, 1.54) is 35.3 Å². The molecule has 1 aliphatic heterocycles. The van der Waals surface area contributed by atoms with E-state index in [0.717, 1.165) is 13.1 Å². The molecule has 5 heteroatoms. The summed E-state index contributed by atoms with van der Waals surface area (Å²) in [6, 6.07) is 2.13. The predicted molar refractivity (Wildman–Crippen MR) is 76.3 cm³/mol. The zero-order chi connectivity index (χ0) is 10.7. The van der Waals surface area contributed by atoms with Gasteiger partial charge in [0, 0.05) is 22.4 Å². The molecule has 0 amide bonds. The standard InChI is InChI=1S/C11H17BrN2S.ClH/c12-10-3-5-15-11(10)8-14-4-1-2-9(6-13)7-14;/h3,5,9H,1-2,4,6-8,13H2;1H. The fourth-order valence-corrected chi connectivity index (χ4v) is 3.65. The summed E-state index contributed by atoms with van der Waals surface area (Å²) in [6.45, 7) is 4.30. The second-order valence-electron chi connectivity index (χ2n) is 4.17. The van der Waals surface area contributed by atoms with Crippen molar-refractivity contribution in [2.24, 2.45) is 11.7 Å². The van der Waals surface area contributed by atoms with Gasteiger partial charge in [-0.25, -0.2) is 0 Å². The summed E-state index contributed by atoms with van der Waals surface area (Å²) in [7, 11) is 0. The molecule has 2 heterocycles. The first kappa shape index (κ1) is 14.5. The van der Waals surface area contributed by atoms with Gasteiger partial charge in [-0.05, 0) is 59.2 Å². The molecule has 1 atom stereocenters. The molecular formula is C11H18BrClN2S. The van der Waals surface area contributed by atoms with Gasteiger partial charge in [-0.15, -0.1) is 23.7 Å². The van der Waals surface area contributed by atoms with Crippen molar-refractivity contribution in [3.05, 3.63) is 20.8 Å². The number of nitrogens with two attached hydrogens (primary N) is 1. The number of piperidine rings is 1. The van der Waals surface area contributed by atoms with Crippen LogP contribution in [0.3, 0.4) is 0 Å². The molecule has 0 aromatic carbocycles. The van der Waals surface area contributed by atoms with Crippen molar-refractivity contribution in [3.8, 4) is 0 Å². The molecule has 1 unspecified atom stereocenters. The second kappa shape index (κ2) is 6.97. The van der Waals surface area contributed by atoms with Crippen molar-refractivity contribution >= 4 is 39.7 Å². The summed E-state index contributed by atoms with van der Waals surface area (Å²) in [5.41, 5.74) is 5.74. The molecule has 0 bridgehead atoms. The van der Waals surface area contributed by atoms with Crippen molar-refractivity contribution < 1.29 is 0 Å². The summed E-state index contributed by atoms with van der Waals surface area (Å²) >= 11 is 5.42. The first-order valence-corrected chi connectivity index (χ1v) is 7.11. The summed E-state index contributed by atoms with van der Waals surface area (Å²) in [4.78, 5) is 3.96. The Bertz CT molecular complexity index is 319. The van der Waals surface area contributed by atoms with Gasteiger partial charge in [0.05, 0.1) is 0 Å². The molecule has 0 saturated carbocycles. The van der Waals surface area contributed by atoms with Crippen molar-refractivity contribution in [2.75, 3.05) is 19.6 Å². The van der Waals surface area contributed by atoms with Gasteiger partial charge in [-0.1, -0.05) is 0 Å². The predicted octanol–water partition coefficient (Wildman–Crippen LogP) is 3.10. The Balaban J connectivity index is 0.00000128. The molecule has 1 aromatic rings. The van der Waals surface area contributed by atoms with Crippen LogP contribution in [0.5, 0.6) is 0 Å². The van der Waals surface area contributed by atoms with Crippen LogP contribution in [-0.2, 0) is 6.54 Å². The molecule has 1 aliphatic rings. The van der Waals surface area contributed by atoms with E-state index in [1.54, 1.807) is 0 Å². The average molecular weight is 326 g/mol. The number of halogens is 2. The number of rotatable bonds is 3. The normalized spacial score (nSPS) is 21.8. The van der Waals surface area contributed by atoms with Crippen LogP contribution in [-0.4, -0.2) is 24.5 Å². The minimum Gasteiger partial charge on any atom is -0.330 e. The van der Waals surface area contributed by atoms with Gasteiger partial charge in [0.15, 0.2) is 0 Å². The highest BCUT2D eigenvalue weighted by atomic mass is 79.9. The number of nitrogens with zero attached hydrogens (tertiary/aromatic N) is 1. The molecule has 16 heavy (non-hydrogen) atoms. The smallest absolute Gasteiger partial charge is 0.0339 e. The van der Waals surface area contributed by atoms with Gasteiger partial charge < -0.3 is 5.73 Å². The van der Waals surface area contributed by atoms with Crippen LogP contribution < -0.4 is 5.73 Å². The molecule has 0 spiro atoms. The highest BCUT2D eigenvalue weighted by Crippen LogP contribution is 2.26. The highest BCUT2D eigenvalue weighted by Gasteiger charge is 2.19. The van der Waals surface area contributed by atoms with Crippen molar-refractivity contribution in [3.63, 3.8) is 0 Å². The van der Waals surface area contributed by atoms with E-state index in [1.807, 2.05) is 11.3 Å². The monoisotopic (exact) mass is 324 g/mol. The fourth-order valence-electron chi connectivity index (χ4n) is 2.13. The van der Waals surface area contributed by atoms with Gasteiger partial charge in [0.1, 0.15) is 0 Å². The molecule has 1 fully saturated rings. The van der Waals surface area contributed by atoms with Crippen LogP contribution in [0.25, 0.3) is 0 Å². The van der Waals surface area contributed by atoms with Crippen LogP contribution in [0.4, 0.5) is 0 Å². The third kappa shape index (κ3) is 3.70. The van der Waals surface area contributed by atoms with Crippen molar-refractivity contribution in [2.45, 2.75) is 19.4 Å². The molecule has 0 radical (unpaired) electrons. The minimum absolute atomic E-state index is 0. The summed E-state index contributed by atoms with van der Waals surface area (Å²) in [6.07, 6.45) is 2.60. The largest absolute Gasteiger partial charge is 0.330 e. The summed E-state index contributed by atoms with van der Waals surface area (Å²) in [5.74, 6) is 0.706. The number of hydrogen-bond donors (Lipinski definition) is 1. The zero-order valence-corrected chi connectivity index (χ0v) is 12.4. The second-order valence-corrected chi connectivity index (χ2v) is 6.03. The lowest BCUT2D eigenvalue weighted by atomic mass is 9.98. The Kier molecular flexibility index (Phi) is 6.29. The van der Waals surface area contributed by atoms with Crippen LogP contribution in [0.2, 0.25) is 0 Å². The van der Waals surface area contributed by atoms with E-state index < -0.39 is 0 Å². The molecule has 2 N–H and O–H groups in total. The Labute approximate surface area is 116 Å². The Morgan fingerprint density at radius 2 is 2.38 bits per heavy atom. The van der Waals surface area contributed by atoms with E-state index in [2.05, 4.69) is 32.3 Å². The Morgan fingerprint density at radius 1 is 1.56 bits per heavy atom. The molecule has 92 valence electrons. The van der Waals surface area contributed by atoms with Gasteiger partial charge >= 0.3 is 0 Å². The van der Waals surface area contributed by atoms with E-state index in [9.17, 15) is 0 Å². The zero-order valence-electron chi connectivity index (χ0n) is 9.19. The number of hydrogen-bond acceptors (Lipinski definition) is 3. The van der Waals surface area contributed by atoms with Crippen molar-refractivity contribution in [1.29, 1.82) is 0 Å². The molecule has 2 rings (SSSR count).